The summed E-state index contributed by atoms with van der Waals surface area (Å²) in [7, 11) is 0. The minimum atomic E-state index is -0.0727. The third kappa shape index (κ3) is 3.72. The predicted molar refractivity (Wildman–Crippen MR) is 86.1 cm³/mol. The first-order chi connectivity index (χ1) is 10.2. The van der Waals surface area contributed by atoms with Crippen LogP contribution in [0.3, 0.4) is 0 Å². The van der Waals surface area contributed by atoms with Crippen LogP contribution in [-0.2, 0) is 11.2 Å². The maximum Gasteiger partial charge on any atom is 0.226 e. The first-order valence-electron chi connectivity index (χ1n) is 6.24. The summed E-state index contributed by atoms with van der Waals surface area (Å²) in [5.74, 6) is 0.731. The SMILES string of the molecule is O=C(CCc1ccco1)Nc1nc(-c2ccc(Cl)s2)cs1. The number of thiazole rings is 1. The van der Waals surface area contributed by atoms with Gasteiger partial charge in [0.2, 0.25) is 5.91 Å². The van der Waals surface area contributed by atoms with E-state index in [1.54, 1.807) is 6.26 Å². The predicted octanol–water partition coefficient (Wildman–Crippen LogP) is 4.69. The van der Waals surface area contributed by atoms with Gasteiger partial charge in [0.05, 0.1) is 21.2 Å². The largest absolute Gasteiger partial charge is 0.469 e. The molecule has 0 spiro atoms. The van der Waals surface area contributed by atoms with E-state index >= 15 is 0 Å². The lowest BCUT2D eigenvalue weighted by Gasteiger charge is -1.99. The molecule has 4 nitrogen and oxygen atoms in total. The summed E-state index contributed by atoms with van der Waals surface area (Å²) in [5, 5.41) is 5.30. The fraction of sp³-hybridized carbons (Fsp3) is 0.143. The molecule has 0 aliphatic heterocycles. The molecular weight excluding hydrogens is 328 g/mol. The molecular formula is C14H11ClN2O2S2. The zero-order valence-electron chi connectivity index (χ0n) is 10.8. The van der Waals surface area contributed by atoms with Crippen molar-refractivity contribution >= 4 is 45.3 Å². The molecule has 0 unspecified atom stereocenters. The van der Waals surface area contributed by atoms with Gasteiger partial charge in [0, 0.05) is 18.2 Å². The third-order valence-corrected chi connectivity index (χ3v) is 4.77. The van der Waals surface area contributed by atoms with Crippen molar-refractivity contribution in [1.82, 2.24) is 4.98 Å². The number of thiophene rings is 1. The number of furan rings is 1. The number of halogens is 1. The smallest absolute Gasteiger partial charge is 0.226 e. The molecule has 108 valence electrons. The number of carbonyl (C=O) groups is 1. The average molecular weight is 339 g/mol. The Kier molecular flexibility index (Phi) is 4.38. The molecule has 21 heavy (non-hydrogen) atoms. The monoisotopic (exact) mass is 338 g/mol. The van der Waals surface area contributed by atoms with Crippen molar-refractivity contribution < 1.29 is 9.21 Å². The summed E-state index contributed by atoms with van der Waals surface area (Å²) in [4.78, 5) is 17.2. The topological polar surface area (TPSA) is 55.1 Å². The van der Waals surface area contributed by atoms with E-state index < -0.39 is 0 Å². The van der Waals surface area contributed by atoms with E-state index in [0.29, 0.717) is 18.0 Å². The number of anilines is 1. The van der Waals surface area contributed by atoms with E-state index in [2.05, 4.69) is 10.3 Å². The lowest BCUT2D eigenvalue weighted by atomic mass is 10.2. The second-order valence-corrected chi connectivity index (χ2v) is 6.84. The Morgan fingerprint density at radius 3 is 3.00 bits per heavy atom. The molecule has 3 aromatic rings. The van der Waals surface area contributed by atoms with Crippen LogP contribution in [0, 0.1) is 0 Å². The van der Waals surface area contributed by atoms with Crippen molar-refractivity contribution in [2.45, 2.75) is 12.8 Å². The van der Waals surface area contributed by atoms with Crippen LogP contribution in [0.25, 0.3) is 10.6 Å². The fourth-order valence-corrected chi connectivity index (χ4v) is 3.57. The molecule has 0 fully saturated rings. The van der Waals surface area contributed by atoms with E-state index in [1.165, 1.54) is 22.7 Å². The third-order valence-electron chi connectivity index (χ3n) is 2.75. The highest BCUT2D eigenvalue weighted by molar-refractivity contribution is 7.20. The number of hydrogen-bond acceptors (Lipinski definition) is 5. The molecule has 0 aliphatic carbocycles. The molecule has 1 amide bonds. The molecule has 3 heterocycles. The Morgan fingerprint density at radius 1 is 1.38 bits per heavy atom. The second-order valence-electron chi connectivity index (χ2n) is 4.27. The summed E-state index contributed by atoms with van der Waals surface area (Å²) in [6, 6.07) is 7.43. The first kappa shape index (κ1) is 14.3. The Labute approximate surface area is 134 Å². The standard InChI is InChI=1S/C14H11ClN2O2S2/c15-12-5-4-11(21-12)10-8-20-14(16-10)17-13(18)6-3-9-2-1-7-19-9/h1-2,4-5,7-8H,3,6H2,(H,16,17,18). The first-order valence-corrected chi connectivity index (χ1v) is 8.31. The highest BCUT2D eigenvalue weighted by Crippen LogP contribution is 2.32. The maximum absolute atomic E-state index is 11.9. The summed E-state index contributed by atoms with van der Waals surface area (Å²) < 4.78 is 5.92. The van der Waals surface area contributed by atoms with Gasteiger partial charge in [-0.2, -0.15) is 0 Å². The zero-order chi connectivity index (χ0) is 14.7. The van der Waals surface area contributed by atoms with Crippen LogP contribution in [-0.4, -0.2) is 10.9 Å². The van der Waals surface area contributed by atoms with Gasteiger partial charge in [0.15, 0.2) is 5.13 Å². The zero-order valence-corrected chi connectivity index (χ0v) is 13.2. The van der Waals surface area contributed by atoms with Gasteiger partial charge in [0.25, 0.3) is 0 Å². The molecule has 0 bridgehead atoms. The number of aryl methyl sites for hydroxylation is 1. The number of amides is 1. The number of rotatable bonds is 5. The van der Waals surface area contributed by atoms with Gasteiger partial charge in [-0.25, -0.2) is 4.98 Å². The normalized spacial score (nSPS) is 10.7. The number of hydrogen-bond donors (Lipinski definition) is 1. The molecule has 0 saturated heterocycles. The molecule has 0 aromatic carbocycles. The summed E-state index contributed by atoms with van der Waals surface area (Å²) in [6.07, 6.45) is 2.55. The summed E-state index contributed by atoms with van der Waals surface area (Å²) in [6.45, 7) is 0. The molecule has 3 aromatic heterocycles. The lowest BCUT2D eigenvalue weighted by molar-refractivity contribution is -0.116. The molecule has 0 aliphatic rings. The second kappa shape index (κ2) is 6.43. The number of carbonyl (C=O) groups excluding carboxylic acids is 1. The Balaban J connectivity index is 1.58. The van der Waals surface area contributed by atoms with Crippen LogP contribution >= 0.6 is 34.3 Å². The van der Waals surface area contributed by atoms with E-state index in [9.17, 15) is 4.79 Å². The van der Waals surface area contributed by atoms with Crippen molar-refractivity contribution in [3.8, 4) is 10.6 Å². The van der Waals surface area contributed by atoms with Gasteiger partial charge in [-0.05, 0) is 24.3 Å². The van der Waals surface area contributed by atoms with E-state index in [0.717, 1.165) is 20.7 Å². The molecule has 0 radical (unpaired) electrons. The van der Waals surface area contributed by atoms with Gasteiger partial charge >= 0.3 is 0 Å². The van der Waals surface area contributed by atoms with E-state index in [-0.39, 0.29) is 5.91 Å². The highest BCUT2D eigenvalue weighted by atomic mass is 35.5. The van der Waals surface area contributed by atoms with Crippen molar-refractivity contribution in [2.24, 2.45) is 0 Å². The highest BCUT2D eigenvalue weighted by Gasteiger charge is 2.10. The van der Waals surface area contributed by atoms with Gasteiger partial charge in [-0.15, -0.1) is 22.7 Å². The van der Waals surface area contributed by atoms with Crippen molar-refractivity contribution in [3.05, 3.63) is 46.0 Å². The minimum Gasteiger partial charge on any atom is -0.469 e. The Bertz CT molecular complexity index is 734. The van der Waals surface area contributed by atoms with Gasteiger partial charge in [-0.3, -0.25) is 4.79 Å². The minimum absolute atomic E-state index is 0.0727. The van der Waals surface area contributed by atoms with Crippen LogP contribution in [0.2, 0.25) is 4.34 Å². The molecule has 0 saturated carbocycles. The van der Waals surface area contributed by atoms with Crippen molar-refractivity contribution in [2.75, 3.05) is 5.32 Å². The van der Waals surface area contributed by atoms with Gasteiger partial charge in [0.1, 0.15) is 5.76 Å². The Hall–Kier alpha value is -1.63. The van der Waals surface area contributed by atoms with Gasteiger partial charge < -0.3 is 9.73 Å². The van der Waals surface area contributed by atoms with Crippen LogP contribution in [0.1, 0.15) is 12.2 Å². The maximum atomic E-state index is 11.9. The molecule has 3 rings (SSSR count). The van der Waals surface area contributed by atoms with Crippen LogP contribution in [0.15, 0.2) is 40.3 Å². The van der Waals surface area contributed by atoms with Crippen LogP contribution < -0.4 is 5.32 Å². The quantitative estimate of drug-likeness (QED) is 0.734. The molecule has 1 N–H and O–H groups in total. The molecule has 7 heteroatoms. The fourth-order valence-electron chi connectivity index (χ4n) is 1.77. The molecule has 0 atom stereocenters. The Morgan fingerprint density at radius 2 is 2.29 bits per heavy atom. The average Bonchev–Trinajstić information content (AvgIpc) is 3.17. The number of nitrogens with zero attached hydrogens (tertiary/aromatic N) is 1. The summed E-state index contributed by atoms with van der Waals surface area (Å²) in [5.41, 5.74) is 0.832. The van der Waals surface area contributed by atoms with E-state index in [4.69, 9.17) is 16.0 Å². The van der Waals surface area contributed by atoms with Crippen LogP contribution in [0.5, 0.6) is 0 Å². The lowest BCUT2D eigenvalue weighted by Crippen LogP contribution is -2.11. The number of aromatic nitrogens is 1. The van der Waals surface area contributed by atoms with E-state index in [1.807, 2.05) is 29.6 Å². The van der Waals surface area contributed by atoms with Crippen molar-refractivity contribution in [3.63, 3.8) is 0 Å². The number of nitrogens with one attached hydrogen (secondary N) is 1. The van der Waals surface area contributed by atoms with Gasteiger partial charge in [-0.1, -0.05) is 11.6 Å². The summed E-state index contributed by atoms with van der Waals surface area (Å²) >= 11 is 8.78. The van der Waals surface area contributed by atoms with Crippen molar-refractivity contribution in [1.29, 1.82) is 0 Å². The van der Waals surface area contributed by atoms with Crippen LogP contribution in [0.4, 0.5) is 5.13 Å².